The summed E-state index contributed by atoms with van der Waals surface area (Å²) in [7, 11) is 0. The number of aryl methyl sites for hydroxylation is 1. The fourth-order valence-electron chi connectivity index (χ4n) is 5.06. The number of benzene rings is 1. The number of hydrogen-bond acceptors (Lipinski definition) is 6. The molecule has 2 heterocycles. The van der Waals surface area contributed by atoms with E-state index >= 15 is 0 Å². The fraction of sp³-hybridized carbons (Fsp3) is 0.409. The third kappa shape index (κ3) is 3.06. The van der Waals surface area contributed by atoms with Gasteiger partial charge in [-0.3, -0.25) is 19.3 Å². The minimum Gasteiger partial charge on any atom is -0.300 e. The van der Waals surface area contributed by atoms with E-state index in [0.29, 0.717) is 5.13 Å². The molecule has 1 aromatic carbocycles. The maximum absolute atomic E-state index is 13.3. The second-order valence-corrected chi connectivity index (χ2v) is 9.14. The number of nitrogens with one attached hydrogen (secondary N) is 1. The van der Waals surface area contributed by atoms with E-state index in [1.807, 2.05) is 37.3 Å². The van der Waals surface area contributed by atoms with Crippen molar-refractivity contribution in [2.24, 2.45) is 23.7 Å². The van der Waals surface area contributed by atoms with E-state index in [9.17, 15) is 14.4 Å². The van der Waals surface area contributed by atoms with E-state index in [0.717, 1.165) is 23.4 Å². The van der Waals surface area contributed by atoms with Crippen molar-refractivity contribution >= 4 is 34.2 Å². The van der Waals surface area contributed by atoms with Gasteiger partial charge in [0, 0.05) is 0 Å². The van der Waals surface area contributed by atoms with Gasteiger partial charge in [-0.05, 0) is 30.2 Å². The molecule has 5 rings (SSSR count). The molecule has 154 valence electrons. The standard InChI is InChI=1S/C22H22N4O3S/c1-2-17-24-25-22(30-17)23-16(27)11-15(12-6-4-3-5-7-12)26-20(28)18-13-8-9-14(10-13)19(18)21(26)29/h3-9,13-15,18-19H,2,10-11H2,1H3,(H,23,25,27). The maximum atomic E-state index is 13.3. The first-order chi connectivity index (χ1) is 14.6. The smallest absolute Gasteiger partial charge is 0.234 e. The van der Waals surface area contributed by atoms with Gasteiger partial charge in [-0.25, -0.2) is 0 Å². The van der Waals surface area contributed by atoms with Crippen molar-refractivity contribution in [2.75, 3.05) is 5.32 Å². The summed E-state index contributed by atoms with van der Waals surface area (Å²) in [5.41, 5.74) is 0.779. The molecular formula is C22H22N4O3S. The maximum Gasteiger partial charge on any atom is 0.234 e. The second kappa shape index (κ2) is 7.43. The zero-order valence-corrected chi connectivity index (χ0v) is 17.3. The normalized spacial score (nSPS) is 27.6. The second-order valence-electron chi connectivity index (χ2n) is 8.08. The van der Waals surface area contributed by atoms with E-state index < -0.39 is 6.04 Å². The van der Waals surface area contributed by atoms with Crippen molar-refractivity contribution in [3.63, 3.8) is 0 Å². The highest BCUT2D eigenvalue weighted by atomic mass is 32.1. The van der Waals surface area contributed by atoms with Crippen LogP contribution in [-0.4, -0.2) is 32.8 Å². The lowest BCUT2D eigenvalue weighted by Gasteiger charge is -2.27. The molecule has 8 heteroatoms. The number of rotatable bonds is 6. The van der Waals surface area contributed by atoms with Crippen LogP contribution in [-0.2, 0) is 20.8 Å². The summed E-state index contributed by atoms with van der Waals surface area (Å²) in [4.78, 5) is 40.8. The van der Waals surface area contributed by atoms with Crippen molar-refractivity contribution in [2.45, 2.75) is 32.2 Å². The number of anilines is 1. The van der Waals surface area contributed by atoms with E-state index in [-0.39, 0.29) is 47.8 Å². The van der Waals surface area contributed by atoms with Crippen LogP contribution >= 0.6 is 11.3 Å². The predicted molar refractivity (Wildman–Crippen MR) is 111 cm³/mol. The summed E-state index contributed by atoms with van der Waals surface area (Å²) in [6, 6.07) is 8.68. The molecule has 1 N–H and O–H groups in total. The average Bonchev–Trinajstić information content (AvgIpc) is 3.52. The molecule has 5 atom stereocenters. The predicted octanol–water partition coefficient (Wildman–Crippen LogP) is 2.98. The van der Waals surface area contributed by atoms with Crippen LogP contribution in [0, 0.1) is 23.7 Å². The Morgan fingerprint density at radius 3 is 2.40 bits per heavy atom. The minimum atomic E-state index is -0.630. The Bertz CT molecular complexity index is 1000. The number of aromatic nitrogens is 2. The molecule has 2 bridgehead atoms. The number of nitrogens with zero attached hydrogens (tertiary/aromatic N) is 3. The third-order valence-electron chi connectivity index (χ3n) is 6.39. The first-order valence-corrected chi connectivity index (χ1v) is 11.1. The number of hydrogen-bond donors (Lipinski definition) is 1. The first kappa shape index (κ1) is 19.1. The molecule has 7 nitrogen and oxygen atoms in total. The van der Waals surface area contributed by atoms with Crippen LogP contribution in [0.5, 0.6) is 0 Å². The lowest BCUT2D eigenvalue weighted by molar-refractivity contribution is -0.144. The van der Waals surface area contributed by atoms with Gasteiger partial charge in [0.05, 0.1) is 24.3 Å². The van der Waals surface area contributed by atoms with E-state index in [2.05, 4.69) is 27.7 Å². The molecule has 5 unspecified atom stereocenters. The van der Waals surface area contributed by atoms with Crippen molar-refractivity contribution in [3.05, 3.63) is 53.1 Å². The largest absolute Gasteiger partial charge is 0.300 e. The number of likely N-dealkylation sites (tertiary alicyclic amines) is 1. The number of allylic oxidation sites excluding steroid dienone is 2. The summed E-state index contributed by atoms with van der Waals surface area (Å²) in [5, 5.41) is 12.1. The summed E-state index contributed by atoms with van der Waals surface area (Å²) >= 11 is 1.33. The molecule has 2 aliphatic carbocycles. The topological polar surface area (TPSA) is 92.3 Å². The Kier molecular flexibility index (Phi) is 4.73. The molecule has 0 radical (unpaired) electrons. The number of carbonyl (C=O) groups excluding carboxylic acids is 3. The quantitative estimate of drug-likeness (QED) is 0.571. The molecule has 30 heavy (non-hydrogen) atoms. The summed E-state index contributed by atoms with van der Waals surface area (Å²) in [6.45, 7) is 1.97. The molecule has 2 fully saturated rings. The van der Waals surface area contributed by atoms with E-state index in [4.69, 9.17) is 0 Å². The van der Waals surface area contributed by atoms with E-state index in [1.165, 1.54) is 16.2 Å². The highest BCUT2D eigenvalue weighted by Gasteiger charge is 2.60. The summed E-state index contributed by atoms with van der Waals surface area (Å²) in [6.07, 6.45) is 5.77. The molecule has 3 aliphatic rings. The zero-order chi connectivity index (χ0) is 20.8. The number of carbonyl (C=O) groups is 3. The van der Waals surface area contributed by atoms with Gasteiger partial charge in [0.15, 0.2) is 0 Å². The first-order valence-electron chi connectivity index (χ1n) is 10.3. The summed E-state index contributed by atoms with van der Waals surface area (Å²) in [5.74, 6) is -0.864. The Morgan fingerprint density at radius 2 is 1.80 bits per heavy atom. The van der Waals surface area contributed by atoms with Crippen LogP contribution in [0.2, 0.25) is 0 Å². The molecule has 2 aromatic rings. The van der Waals surface area contributed by atoms with Crippen LogP contribution in [0.3, 0.4) is 0 Å². The number of amides is 3. The fourth-order valence-corrected chi connectivity index (χ4v) is 5.75. The zero-order valence-electron chi connectivity index (χ0n) is 16.5. The van der Waals surface area contributed by atoms with Gasteiger partial charge in [0.2, 0.25) is 22.9 Å². The van der Waals surface area contributed by atoms with Gasteiger partial charge in [-0.2, -0.15) is 0 Å². The molecule has 1 aromatic heterocycles. The van der Waals surface area contributed by atoms with Crippen LogP contribution in [0.25, 0.3) is 0 Å². The number of fused-ring (bicyclic) bond motifs is 5. The molecule has 0 spiro atoms. The Morgan fingerprint density at radius 1 is 1.13 bits per heavy atom. The molecule has 1 saturated carbocycles. The van der Waals surface area contributed by atoms with Gasteiger partial charge in [0.1, 0.15) is 5.01 Å². The van der Waals surface area contributed by atoms with Gasteiger partial charge in [0.25, 0.3) is 0 Å². The molecule has 3 amide bonds. The highest BCUT2D eigenvalue weighted by Crippen LogP contribution is 2.54. The van der Waals surface area contributed by atoms with Gasteiger partial charge in [-0.15, -0.1) is 10.2 Å². The minimum absolute atomic E-state index is 0.00919. The van der Waals surface area contributed by atoms with Gasteiger partial charge >= 0.3 is 0 Å². The van der Waals surface area contributed by atoms with Crippen molar-refractivity contribution in [1.29, 1.82) is 0 Å². The number of imide groups is 1. The van der Waals surface area contributed by atoms with Crippen molar-refractivity contribution < 1.29 is 14.4 Å². The van der Waals surface area contributed by atoms with Crippen molar-refractivity contribution in [3.8, 4) is 0 Å². The third-order valence-corrected chi connectivity index (χ3v) is 7.38. The van der Waals surface area contributed by atoms with E-state index in [1.54, 1.807) is 0 Å². The van der Waals surface area contributed by atoms with Crippen LogP contribution in [0.15, 0.2) is 42.5 Å². The molecule has 1 saturated heterocycles. The van der Waals surface area contributed by atoms with Gasteiger partial charge < -0.3 is 5.32 Å². The summed E-state index contributed by atoms with van der Waals surface area (Å²) < 4.78 is 0. The monoisotopic (exact) mass is 422 g/mol. The average molecular weight is 423 g/mol. The van der Waals surface area contributed by atoms with Gasteiger partial charge in [-0.1, -0.05) is 60.7 Å². The molecular weight excluding hydrogens is 400 g/mol. The SMILES string of the molecule is CCc1nnc(NC(=O)CC(c2ccccc2)N2C(=O)C3C4C=CC(C4)C3C2=O)s1. The Labute approximate surface area is 178 Å². The Balaban J connectivity index is 1.41. The Hall–Kier alpha value is -2.87. The molecule has 1 aliphatic heterocycles. The van der Waals surface area contributed by atoms with Crippen LogP contribution < -0.4 is 5.32 Å². The van der Waals surface area contributed by atoms with Crippen molar-refractivity contribution in [1.82, 2.24) is 15.1 Å². The highest BCUT2D eigenvalue weighted by molar-refractivity contribution is 7.15. The lowest BCUT2D eigenvalue weighted by Crippen LogP contribution is -2.38. The van der Waals surface area contributed by atoms with Crippen LogP contribution in [0.1, 0.15) is 36.4 Å². The van der Waals surface area contributed by atoms with Crippen LogP contribution in [0.4, 0.5) is 5.13 Å². The lowest BCUT2D eigenvalue weighted by atomic mass is 9.85.